The highest BCUT2D eigenvalue weighted by atomic mass is 32.1. The Hall–Kier alpha value is -1.73. The van der Waals surface area contributed by atoms with Gasteiger partial charge in [-0.3, -0.25) is 9.59 Å². The standard InChI is InChI=1S/C19H23N3O2S2/c1-12-6-7-14-16(10-12)26-19(20-14)21-18(24)15-5-2-8-22(15)17(23)11-13-4-3-9-25-13/h3-4,9,12,15H,2,5-8,10-11H2,1H3,(H,20,21,24)/t12-,15-/m0/s1. The Labute approximate surface area is 161 Å². The van der Waals surface area contributed by atoms with Crippen LogP contribution in [0.3, 0.4) is 0 Å². The van der Waals surface area contributed by atoms with Crippen LogP contribution >= 0.6 is 22.7 Å². The van der Waals surface area contributed by atoms with Gasteiger partial charge in [0.05, 0.1) is 12.1 Å². The van der Waals surface area contributed by atoms with Gasteiger partial charge in [-0.05, 0) is 49.5 Å². The maximum Gasteiger partial charge on any atom is 0.248 e. The number of nitrogens with one attached hydrogen (secondary N) is 1. The van der Waals surface area contributed by atoms with Gasteiger partial charge in [0.1, 0.15) is 6.04 Å². The molecule has 5 nitrogen and oxygen atoms in total. The van der Waals surface area contributed by atoms with E-state index >= 15 is 0 Å². The van der Waals surface area contributed by atoms with Crippen molar-refractivity contribution in [3.63, 3.8) is 0 Å². The molecule has 4 rings (SSSR count). The second-order valence-electron chi connectivity index (χ2n) is 7.23. The van der Waals surface area contributed by atoms with Crippen molar-refractivity contribution in [2.45, 2.75) is 51.5 Å². The number of thiazole rings is 1. The predicted octanol–water partition coefficient (Wildman–Crippen LogP) is 3.50. The van der Waals surface area contributed by atoms with Gasteiger partial charge in [0.25, 0.3) is 0 Å². The summed E-state index contributed by atoms with van der Waals surface area (Å²) in [7, 11) is 0. The molecule has 138 valence electrons. The highest BCUT2D eigenvalue weighted by molar-refractivity contribution is 7.15. The number of hydrogen-bond donors (Lipinski definition) is 1. The molecule has 2 amide bonds. The van der Waals surface area contributed by atoms with Crippen molar-refractivity contribution in [1.82, 2.24) is 9.88 Å². The van der Waals surface area contributed by atoms with Crippen molar-refractivity contribution in [3.05, 3.63) is 33.0 Å². The summed E-state index contributed by atoms with van der Waals surface area (Å²) in [6.45, 7) is 2.92. The number of anilines is 1. The zero-order valence-corrected chi connectivity index (χ0v) is 16.5. The largest absolute Gasteiger partial charge is 0.330 e. The maximum atomic E-state index is 12.8. The quantitative estimate of drug-likeness (QED) is 0.870. The summed E-state index contributed by atoms with van der Waals surface area (Å²) in [5.74, 6) is 0.630. The van der Waals surface area contributed by atoms with Gasteiger partial charge < -0.3 is 10.2 Å². The number of likely N-dealkylation sites (tertiary alicyclic amines) is 1. The van der Waals surface area contributed by atoms with Gasteiger partial charge in [0.15, 0.2) is 5.13 Å². The van der Waals surface area contributed by atoms with Crippen molar-refractivity contribution in [2.75, 3.05) is 11.9 Å². The minimum atomic E-state index is -0.373. The normalized spacial score (nSPS) is 22.3. The van der Waals surface area contributed by atoms with E-state index in [0.717, 1.165) is 42.7 Å². The van der Waals surface area contributed by atoms with Crippen molar-refractivity contribution >= 4 is 39.6 Å². The number of aromatic nitrogens is 1. The molecule has 2 aromatic rings. The number of aryl methyl sites for hydroxylation is 1. The fraction of sp³-hybridized carbons (Fsp3) is 0.526. The van der Waals surface area contributed by atoms with Crippen LogP contribution in [-0.4, -0.2) is 34.3 Å². The van der Waals surface area contributed by atoms with E-state index in [1.807, 2.05) is 17.5 Å². The van der Waals surface area contributed by atoms with Crippen molar-refractivity contribution in [2.24, 2.45) is 5.92 Å². The Kier molecular flexibility index (Phi) is 5.09. The molecular formula is C19H23N3O2S2. The van der Waals surface area contributed by atoms with Crippen molar-refractivity contribution in [3.8, 4) is 0 Å². The van der Waals surface area contributed by atoms with Crippen LogP contribution in [0.5, 0.6) is 0 Å². The molecule has 2 atom stereocenters. The van der Waals surface area contributed by atoms with Crippen LogP contribution in [-0.2, 0) is 28.9 Å². The van der Waals surface area contributed by atoms with E-state index in [9.17, 15) is 9.59 Å². The SMILES string of the molecule is C[C@H]1CCc2nc(NC(=O)[C@@H]3CCCN3C(=O)Cc3cccs3)sc2C1. The fourth-order valence-electron chi connectivity index (χ4n) is 3.78. The number of thiophene rings is 1. The molecule has 2 aliphatic rings. The average Bonchev–Trinajstić information content (AvgIpc) is 3.34. The summed E-state index contributed by atoms with van der Waals surface area (Å²) in [5, 5.41) is 5.64. The highest BCUT2D eigenvalue weighted by Gasteiger charge is 2.34. The molecule has 0 spiro atoms. The van der Waals surface area contributed by atoms with E-state index in [0.29, 0.717) is 24.0 Å². The van der Waals surface area contributed by atoms with Crippen LogP contribution in [0.1, 0.15) is 41.6 Å². The fourth-order valence-corrected chi connectivity index (χ4v) is 5.65. The minimum Gasteiger partial charge on any atom is -0.330 e. The third kappa shape index (κ3) is 3.69. The van der Waals surface area contributed by atoms with Crippen LogP contribution in [0, 0.1) is 5.92 Å². The third-order valence-corrected chi connectivity index (χ3v) is 7.11. The highest BCUT2D eigenvalue weighted by Crippen LogP contribution is 2.32. The molecule has 2 aromatic heterocycles. The van der Waals surface area contributed by atoms with Gasteiger partial charge in [-0.1, -0.05) is 13.0 Å². The zero-order valence-electron chi connectivity index (χ0n) is 14.9. The number of fused-ring (bicyclic) bond motifs is 1. The lowest BCUT2D eigenvalue weighted by Crippen LogP contribution is -2.43. The van der Waals surface area contributed by atoms with Crippen LogP contribution in [0.4, 0.5) is 5.13 Å². The molecule has 1 aliphatic heterocycles. The monoisotopic (exact) mass is 389 g/mol. The van der Waals surface area contributed by atoms with E-state index in [4.69, 9.17) is 0 Å². The van der Waals surface area contributed by atoms with Crippen LogP contribution in [0.15, 0.2) is 17.5 Å². The van der Waals surface area contributed by atoms with E-state index < -0.39 is 0 Å². The summed E-state index contributed by atoms with van der Waals surface area (Å²) in [6.07, 6.45) is 5.20. The van der Waals surface area contributed by atoms with Crippen molar-refractivity contribution in [1.29, 1.82) is 0 Å². The first kappa shape index (κ1) is 17.7. The number of amides is 2. The topological polar surface area (TPSA) is 62.3 Å². The van der Waals surface area contributed by atoms with Crippen LogP contribution in [0.2, 0.25) is 0 Å². The molecule has 26 heavy (non-hydrogen) atoms. The molecule has 1 N–H and O–H groups in total. The number of carbonyl (C=O) groups is 2. The Morgan fingerprint density at radius 3 is 3.08 bits per heavy atom. The Morgan fingerprint density at radius 1 is 1.38 bits per heavy atom. The van der Waals surface area contributed by atoms with Crippen LogP contribution in [0.25, 0.3) is 0 Å². The lowest BCUT2D eigenvalue weighted by molar-refractivity contribution is -0.136. The summed E-state index contributed by atoms with van der Waals surface area (Å²) in [5.41, 5.74) is 1.14. The van der Waals surface area contributed by atoms with E-state index in [2.05, 4.69) is 17.2 Å². The molecule has 1 aliphatic carbocycles. The first-order valence-corrected chi connectivity index (χ1v) is 10.9. The number of rotatable bonds is 4. The molecule has 7 heteroatoms. The van der Waals surface area contributed by atoms with Gasteiger partial charge in [0, 0.05) is 16.3 Å². The molecule has 0 aromatic carbocycles. The third-order valence-electron chi connectivity index (χ3n) is 5.20. The first-order valence-electron chi connectivity index (χ1n) is 9.21. The lowest BCUT2D eigenvalue weighted by Gasteiger charge is -2.23. The second kappa shape index (κ2) is 7.48. The molecule has 0 bridgehead atoms. The summed E-state index contributed by atoms with van der Waals surface area (Å²) < 4.78 is 0. The molecule has 0 unspecified atom stereocenters. The van der Waals surface area contributed by atoms with E-state index in [-0.39, 0.29) is 17.9 Å². The number of hydrogen-bond acceptors (Lipinski definition) is 5. The summed E-state index contributed by atoms with van der Waals surface area (Å²) >= 11 is 3.18. The zero-order chi connectivity index (χ0) is 18.1. The second-order valence-corrected chi connectivity index (χ2v) is 9.34. The lowest BCUT2D eigenvalue weighted by atomic mass is 9.93. The average molecular weight is 390 g/mol. The maximum absolute atomic E-state index is 12.8. The Morgan fingerprint density at radius 2 is 2.27 bits per heavy atom. The minimum absolute atomic E-state index is 0.0392. The van der Waals surface area contributed by atoms with E-state index in [1.54, 1.807) is 27.6 Å². The molecule has 3 heterocycles. The molecule has 1 fully saturated rings. The molecule has 0 radical (unpaired) electrons. The predicted molar refractivity (Wildman–Crippen MR) is 105 cm³/mol. The smallest absolute Gasteiger partial charge is 0.248 e. The van der Waals surface area contributed by atoms with Gasteiger partial charge in [0.2, 0.25) is 11.8 Å². The summed E-state index contributed by atoms with van der Waals surface area (Å²) in [6, 6.07) is 3.55. The van der Waals surface area contributed by atoms with Crippen LogP contribution < -0.4 is 5.32 Å². The molecule has 1 saturated heterocycles. The number of carbonyl (C=O) groups excluding carboxylic acids is 2. The van der Waals surface area contributed by atoms with Crippen molar-refractivity contribution < 1.29 is 9.59 Å². The van der Waals surface area contributed by atoms with Gasteiger partial charge >= 0.3 is 0 Å². The Bertz CT molecular complexity index is 800. The summed E-state index contributed by atoms with van der Waals surface area (Å²) in [4.78, 5) is 34.1. The van der Waals surface area contributed by atoms with E-state index in [1.165, 1.54) is 4.88 Å². The van der Waals surface area contributed by atoms with Gasteiger partial charge in [-0.15, -0.1) is 22.7 Å². The van der Waals surface area contributed by atoms with Gasteiger partial charge in [-0.2, -0.15) is 0 Å². The molecular weight excluding hydrogens is 366 g/mol. The molecule has 0 saturated carbocycles. The first-order chi connectivity index (χ1) is 12.6. The Balaban J connectivity index is 1.41. The van der Waals surface area contributed by atoms with Gasteiger partial charge in [-0.25, -0.2) is 4.98 Å². The number of nitrogens with zero attached hydrogens (tertiary/aromatic N) is 2.